The van der Waals surface area contributed by atoms with Crippen molar-refractivity contribution in [1.29, 1.82) is 0 Å². The summed E-state index contributed by atoms with van der Waals surface area (Å²) in [5.74, 6) is -3.46. The first-order valence-electron chi connectivity index (χ1n) is 7.26. The lowest BCUT2D eigenvalue weighted by Gasteiger charge is -2.20. The number of anilines is 2. The van der Waals surface area contributed by atoms with E-state index in [1.54, 1.807) is 24.3 Å². The highest BCUT2D eigenvalue weighted by Crippen LogP contribution is 2.35. The Morgan fingerprint density at radius 2 is 1.60 bits per heavy atom. The molecule has 0 bridgehead atoms. The molecular weight excluding hydrogens is 354 g/mol. The number of hydrogen-bond acceptors (Lipinski definition) is 5. The van der Waals surface area contributed by atoms with E-state index < -0.39 is 35.5 Å². The van der Waals surface area contributed by atoms with E-state index in [9.17, 15) is 18.4 Å². The van der Waals surface area contributed by atoms with Crippen LogP contribution in [0.15, 0.2) is 52.8 Å². The lowest BCUT2D eigenvalue weighted by atomic mass is 10.1. The molecule has 0 aromatic heterocycles. The molecule has 0 saturated carbocycles. The highest BCUT2D eigenvalue weighted by Gasteiger charge is 2.55. The van der Waals surface area contributed by atoms with Crippen molar-refractivity contribution < 1.29 is 18.4 Å². The van der Waals surface area contributed by atoms with Gasteiger partial charge in [-0.25, -0.2) is 18.7 Å². The molecule has 25 heavy (non-hydrogen) atoms. The molecule has 2 aromatic carbocycles. The van der Waals surface area contributed by atoms with Crippen LogP contribution in [0.3, 0.4) is 0 Å². The summed E-state index contributed by atoms with van der Waals surface area (Å²) in [6.45, 7) is 0. The van der Waals surface area contributed by atoms with E-state index in [4.69, 9.17) is 11.6 Å². The highest BCUT2D eigenvalue weighted by molar-refractivity contribution is 6.30. The second-order valence-corrected chi connectivity index (χ2v) is 5.96. The van der Waals surface area contributed by atoms with Crippen molar-refractivity contribution in [2.75, 3.05) is 9.91 Å². The minimum absolute atomic E-state index is 0.0467. The largest absolute Gasteiger partial charge is 0.271 e. The zero-order valence-corrected chi connectivity index (χ0v) is 13.2. The van der Waals surface area contributed by atoms with Crippen molar-refractivity contribution >= 4 is 34.8 Å². The molecular formula is C16H9ClF2N4O2. The van der Waals surface area contributed by atoms with Gasteiger partial charge in [0.2, 0.25) is 0 Å². The summed E-state index contributed by atoms with van der Waals surface area (Å²) in [6.07, 6.45) is 0. The molecule has 9 heteroatoms. The summed E-state index contributed by atoms with van der Waals surface area (Å²) in [5.41, 5.74) is 0.489. The maximum absolute atomic E-state index is 13.5. The van der Waals surface area contributed by atoms with Crippen LogP contribution in [0.25, 0.3) is 0 Å². The first-order valence-corrected chi connectivity index (χ1v) is 7.63. The Morgan fingerprint density at radius 3 is 2.28 bits per heavy atom. The van der Waals surface area contributed by atoms with Gasteiger partial charge in [0.25, 0.3) is 11.8 Å². The van der Waals surface area contributed by atoms with Crippen molar-refractivity contribution in [3.8, 4) is 0 Å². The molecule has 2 amide bonds. The Hall–Kier alpha value is -2.87. The van der Waals surface area contributed by atoms with Crippen molar-refractivity contribution in [3.05, 3.63) is 59.1 Å². The number of carbonyl (C=O) groups excluding carboxylic acids is 2. The summed E-state index contributed by atoms with van der Waals surface area (Å²) >= 11 is 5.84. The van der Waals surface area contributed by atoms with Crippen LogP contribution in [-0.2, 0) is 9.59 Å². The van der Waals surface area contributed by atoms with Gasteiger partial charge < -0.3 is 0 Å². The second kappa shape index (κ2) is 5.59. The first kappa shape index (κ1) is 15.6. The number of benzene rings is 2. The van der Waals surface area contributed by atoms with Crippen LogP contribution in [0.1, 0.15) is 0 Å². The smallest absolute Gasteiger partial charge is 0.263 e. The van der Waals surface area contributed by atoms with E-state index in [2.05, 4.69) is 10.3 Å². The van der Waals surface area contributed by atoms with Crippen LogP contribution in [0, 0.1) is 11.6 Å². The molecule has 4 rings (SSSR count). The van der Waals surface area contributed by atoms with Crippen LogP contribution in [0.2, 0.25) is 5.02 Å². The first-order chi connectivity index (χ1) is 12.0. The topological polar surface area (TPSA) is 65.3 Å². The van der Waals surface area contributed by atoms with E-state index in [1.165, 1.54) is 11.1 Å². The van der Waals surface area contributed by atoms with Crippen LogP contribution in [0.5, 0.6) is 0 Å². The zero-order valence-electron chi connectivity index (χ0n) is 12.4. The number of hydrogen-bond donors (Lipinski definition) is 0. The number of carbonyl (C=O) groups is 2. The standard InChI is InChI=1S/C16H9ClF2N4O2/c17-8-1-3-9(4-2-8)23-14-13(20-21-23)15(24)22(16(14)25)10-5-6-11(18)12(19)7-10/h1-7,13-14H/t13-,14+/m1/s1. The fraction of sp³-hybridized carbons (Fsp3) is 0.125. The minimum Gasteiger partial charge on any atom is -0.271 e. The summed E-state index contributed by atoms with van der Waals surface area (Å²) in [7, 11) is 0. The number of fused-ring (bicyclic) bond motifs is 1. The van der Waals surface area contributed by atoms with Gasteiger partial charge in [-0.1, -0.05) is 16.8 Å². The molecule has 0 aliphatic carbocycles. The van der Waals surface area contributed by atoms with Crippen molar-refractivity contribution in [3.63, 3.8) is 0 Å². The summed E-state index contributed by atoms with van der Waals surface area (Å²) in [6, 6.07) is 7.34. The van der Waals surface area contributed by atoms with Gasteiger partial charge in [-0.05, 0) is 36.4 Å². The van der Waals surface area contributed by atoms with Gasteiger partial charge >= 0.3 is 0 Å². The number of rotatable bonds is 2. The van der Waals surface area contributed by atoms with Crippen LogP contribution >= 0.6 is 11.6 Å². The highest BCUT2D eigenvalue weighted by atomic mass is 35.5. The summed E-state index contributed by atoms with van der Waals surface area (Å²) in [4.78, 5) is 26.1. The summed E-state index contributed by atoms with van der Waals surface area (Å²) in [5, 5.41) is 9.59. The minimum atomic E-state index is -1.15. The number of amides is 2. The molecule has 0 spiro atoms. The molecule has 1 fully saturated rings. The predicted octanol–water partition coefficient (Wildman–Crippen LogP) is 3.12. The fourth-order valence-electron chi connectivity index (χ4n) is 2.85. The SMILES string of the molecule is O=C1[C@@H]2[C@@H](N=NN2c2ccc(Cl)cc2)C(=O)N1c1ccc(F)c(F)c1. The molecule has 0 unspecified atom stereocenters. The summed E-state index contributed by atoms with van der Waals surface area (Å²) < 4.78 is 26.6. The Bertz CT molecular complexity index is 919. The third-order valence-corrected chi connectivity index (χ3v) is 4.29. The van der Waals surface area contributed by atoms with Crippen molar-refractivity contribution in [2.24, 2.45) is 10.3 Å². The molecule has 126 valence electrons. The third-order valence-electron chi connectivity index (χ3n) is 4.03. The normalized spacial score (nSPS) is 22.0. The quantitative estimate of drug-likeness (QED) is 0.771. The average Bonchev–Trinajstić information content (AvgIpc) is 3.12. The molecule has 2 aliphatic rings. The number of halogens is 3. The van der Waals surface area contributed by atoms with E-state index in [1.807, 2.05) is 0 Å². The molecule has 0 N–H and O–H groups in total. The average molecular weight is 363 g/mol. The fourth-order valence-corrected chi connectivity index (χ4v) is 2.97. The third kappa shape index (κ3) is 2.37. The van der Waals surface area contributed by atoms with Crippen LogP contribution in [0.4, 0.5) is 20.2 Å². The van der Waals surface area contributed by atoms with Crippen molar-refractivity contribution in [1.82, 2.24) is 0 Å². The molecule has 2 aromatic rings. The van der Waals surface area contributed by atoms with Crippen LogP contribution in [-0.4, -0.2) is 23.9 Å². The Balaban J connectivity index is 1.70. The Morgan fingerprint density at radius 1 is 0.920 bits per heavy atom. The maximum atomic E-state index is 13.5. The van der Waals surface area contributed by atoms with E-state index >= 15 is 0 Å². The Labute approximate surface area is 145 Å². The maximum Gasteiger partial charge on any atom is 0.263 e. The van der Waals surface area contributed by atoms with Gasteiger partial charge in [-0.2, -0.15) is 5.11 Å². The Kier molecular flexibility index (Phi) is 3.50. The monoisotopic (exact) mass is 362 g/mol. The molecule has 2 heterocycles. The molecule has 1 saturated heterocycles. The van der Waals surface area contributed by atoms with Gasteiger partial charge in [-0.3, -0.25) is 9.59 Å². The lowest BCUT2D eigenvalue weighted by molar-refractivity contribution is -0.121. The molecule has 6 nitrogen and oxygen atoms in total. The molecule has 2 atom stereocenters. The lowest BCUT2D eigenvalue weighted by Crippen LogP contribution is -2.39. The van der Waals surface area contributed by atoms with E-state index in [0.29, 0.717) is 10.7 Å². The van der Waals surface area contributed by atoms with E-state index in [0.717, 1.165) is 17.0 Å². The van der Waals surface area contributed by atoms with Crippen molar-refractivity contribution in [2.45, 2.75) is 12.1 Å². The predicted molar refractivity (Wildman–Crippen MR) is 85.2 cm³/mol. The van der Waals surface area contributed by atoms with Gasteiger partial charge in [0.05, 0.1) is 11.4 Å². The molecule has 2 aliphatic heterocycles. The van der Waals surface area contributed by atoms with Gasteiger partial charge in [0.1, 0.15) is 0 Å². The second-order valence-electron chi connectivity index (χ2n) is 5.53. The zero-order chi connectivity index (χ0) is 17.7. The van der Waals surface area contributed by atoms with E-state index in [-0.39, 0.29) is 5.69 Å². The van der Waals surface area contributed by atoms with Gasteiger partial charge in [-0.15, -0.1) is 0 Å². The van der Waals surface area contributed by atoms with Gasteiger partial charge in [0, 0.05) is 11.1 Å². The number of imide groups is 1. The van der Waals surface area contributed by atoms with Crippen LogP contribution < -0.4 is 9.91 Å². The molecule has 0 radical (unpaired) electrons. The number of nitrogens with zero attached hydrogens (tertiary/aromatic N) is 4. The van der Waals surface area contributed by atoms with Gasteiger partial charge in [0.15, 0.2) is 23.7 Å².